The number of carbonyl (C=O) groups is 1. The van der Waals surface area contributed by atoms with Crippen LogP contribution in [0.4, 0.5) is 0 Å². The predicted molar refractivity (Wildman–Crippen MR) is 125 cm³/mol. The molecule has 7 heteroatoms. The second kappa shape index (κ2) is 10.0. The lowest BCUT2D eigenvalue weighted by atomic mass is 9.87. The van der Waals surface area contributed by atoms with Crippen LogP contribution in [0.5, 0.6) is 5.75 Å². The molecule has 31 heavy (non-hydrogen) atoms. The van der Waals surface area contributed by atoms with Crippen molar-refractivity contribution in [1.82, 2.24) is 20.1 Å². The van der Waals surface area contributed by atoms with Gasteiger partial charge in [-0.25, -0.2) is 0 Å². The molecule has 0 saturated carbocycles. The highest BCUT2D eigenvalue weighted by Crippen LogP contribution is 2.27. The second-order valence-corrected chi connectivity index (χ2v) is 9.20. The number of nitrogens with zero attached hydrogens (tertiary/aromatic N) is 3. The molecule has 0 aliphatic rings. The van der Waals surface area contributed by atoms with Crippen molar-refractivity contribution in [3.63, 3.8) is 0 Å². The van der Waals surface area contributed by atoms with E-state index in [2.05, 4.69) is 67.5 Å². The van der Waals surface area contributed by atoms with Crippen LogP contribution in [0.15, 0.2) is 53.7 Å². The summed E-state index contributed by atoms with van der Waals surface area (Å²) < 4.78 is 7.38. The van der Waals surface area contributed by atoms with E-state index in [1.807, 2.05) is 28.8 Å². The van der Waals surface area contributed by atoms with E-state index >= 15 is 0 Å². The molecule has 1 aromatic heterocycles. The van der Waals surface area contributed by atoms with Gasteiger partial charge in [0, 0.05) is 24.2 Å². The van der Waals surface area contributed by atoms with Crippen LogP contribution >= 0.6 is 11.8 Å². The Balaban J connectivity index is 1.64. The predicted octanol–water partition coefficient (Wildman–Crippen LogP) is 4.68. The third-order valence-corrected chi connectivity index (χ3v) is 6.01. The molecule has 0 atom stereocenters. The molecule has 0 aliphatic carbocycles. The van der Waals surface area contributed by atoms with Crippen molar-refractivity contribution in [3.05, 3.63) is 59.7 Å². The van der Waals surface area contributed by atoms with E-state index < -0.39 is 0 Å². The number of methoxy groups -OCH3 is 1. The van der Waals surface area contributed by atoms with E-state index in [0.717, 1.165) is 34.4 Å². The molecule has 1 amide bonds. The summed E-state index contributed by atoms with van der Waals surface area (Å²) in [5.74, 6) is 1.80. The van der Waals surface area contributed by atoms with Crippen molar-refractivity contribution < 1.29 is 9.53 Å². The van der Waals surface area contributed by atoms with Gasteiger partial charge in [0.05, 0.1) is 12.9 Å². The van der Waals surface area contributed by atoms with Crippen molar-refractivity contribution in [2.75, 3.05) is 12.9 Å². The third-order valence-electron chi connectivity index (χ3n) is 5.04. The molecule has 0 radical (unpaired) electrons. The monoisotopic (exact) mass is 438 g/mol. The third kappa shape index (κ3) is 5.67. The number of thioether (sulfide) groups is 1. The fourth-order valence-electron chi connectivity index (χ4n) is 3.24. The molecule has 3 aromatic rings. The molecule has 0 unspecified atom stereocenters. The zero-order valence-electron chi connectivity index (χ0n) is 18.8. The molecular weight excluding hydrogens is 408 g/mol. The summed E-state index contributed by atoms with van der Waals surface area (Å²) in [6, 6.07) is 16.1. The summed E-state index contributed by atoms with van der Waals surface area (Å²) in [4.78, 5) is 12.4. The number of ether oxygens (including phenoxy) is 1. The minimum Gasteiger partial charge on any atom is -0.496 e. The number of aromatic nitrogens is 3. The number of rotatable bonds is 8. The van der Waals surface area contributed by atoms with Crippen LogP contribution in [-0.2, 0) is 23.3 Å². The summed E-state index contributed by atoms with van der Waals surface area (Å²) in [6.45, 7) is 9.81. The fraction of sp³-hybridized carbons (Fsp3) is 0.375. The quantitative estimate of drug-likeness (QED) is 0.517. The van der Waals surface area contributed by atoms with Crippen LogP contribution in [0.1, 0.15) is 38.8 Å². The first kappa shape index (κ1) is 22.9. The highest BCUT2D eigenvalue weighted by Gasteiger charge is 2.17. The number of benzene rings is 2. The first-order valence-electron chi connectivity index (χ1n) is 10.4. The number of nitrogens with one attached hydrogen (secondary N) is 1. The zero-order chi connectivity index (χ0) is 22.4. The van der Waals surface area contributed by atoms with Crippen molar-refractivity contribution in [1.29, 1.82) is 0 Å². The Hall–Kier alpha value is -2.80. The SMILES string of the molecule is CCn1c(SCC(=O)NCc2ccccc2OC)nnc1-c1ccc(C(C)(C)C)cc1. The molecule has 3 rings (SSSR count). The Morgan fingerprint density at radius 1 is 1.10 bits per heavy atom. The van der Waals surface area contributed by atoms with E-state index in [9.17, 15) is 4.79 Å². The van der Waals surface area contributed by atoms with Gasteiger partial charge in [-0.3, -0.25) is 4.79 Å². The standard InChI is InChI=1S/C24H30N4O2S/c1-6-28-22(17-11-13-19(14-12-17)24(2,3)4)26-27-23(28)31-16-21(29)25-15-18-9-7-8-10-20(18)30-5/h7-14H,6,15-16H2,1-5H3,(H,25,29). The zero-order valence-corrected chi connectivity index (χ0v) is 19.6. The van der Waals surface area contributed by atoms with Crippen molar-refractivity contribution in [3.8, 4) is 17.1 Å². The lowest BCUT2D eigenvalue weighted by Crippen LogP contribution is -2.25. The largest absolute Gasteiger partial charge is 0.496 e. The number of hydrogen-bond donors (Lipinski definition) is 1. The maximum absolute atomic E-state index is 12.4. The molecule has 0 fully saturated rings. The van der Waals surface area contributed by atoms with Crippen LogP contribution < -0.4 is 10.1 Å². The van der Waals surface area contributed by atoms with Crippen molar-refractivity contribution in [2.45, 2.75) is 51.4 Å². The lowest BCUT2D eigenvalue weighted by molar-refractivity contribution is -0.118. The molecular formula is C24H30N4O2S. The van der Waals surface area contributed by atoms with Gasteiger partial charge in [0.15, 0.2) is 11.0 Å². The highest BCUT2D eigenvalue weighted by molar-refractivity contribution is 7.99. The van der Waals surface area contributed by atoms with E-state index in [1.54, 1.807) is 7.11 Å². The maximum Gasteiger partial charge on any atom is 0.230 e. The first-order valence-corrected chi connectivity index (χ1v) is 11.4. The fourth-order valence-corrected chi connectivity index (χ4v) is 4.07. The molecule has 1 N–H and O–H groups in total. The van der Waals surface area contributed by atoms with E-state index in [-0.39, 0.29) is 17.1 Å². The number of para-hydroxylation sites is 1. The van der Waals surface area contributed by atoms with E-state index in [4.69, 9.17) is 4.74 Å². The minimum atomic E-state index is -0.0577. The number of carbonyl (C=O) groups excluding carboxylic acids is 1. The smallest absolute Gasteiger partial charge is 0.230 e. The van der Waals surface area contributed by atoms with Gasteiger partial charge >= 0.3 is 0 Å². The first-order chi connectivity index (χ1) is 14.8. The van der Waals surface area contributed by atoms with Crippen LogP contribution in [0.3, 0.4) is 0 Å². The second-order valence-electron chi connectivity index (χ2n) is 8.26. The Kier molecular flexibility index (Phi) is 7.38. The molecule has 0 bridgehead atoms. The number of amides is 1. The molecule has 6 nitrogen and oxygen atoms in total. The Bertz CT molecular complexity index is 1020. The summed E-state index contributed by atoms with van der Waals surface area (Å²) >= 11 is 1.39. The van der Waals surface area contributed by atoms with Gasteiger partial charge in [-0.2, -0.15) is 0 Å². The van der Waals surface area contributed by atoms with Gasteiger partial charge in [-0.1, -0.05) is 75.0 Å². The lowest BCUT2D eigenvalue weighted by Gasteiger charge is -2.19. The van der Waals surface area contributed by atoms with Crippen molar-refractivity contribution >= 4 is 17.7 Å². The van der Waals surface area contributed by atoms with Crippen LogP contribution in [0.2, 0.25) is 0 Å². The molecule has 0 spiro atoms. The molecule has 2 aromatic carbocycles. The molecule has 1 heterocycles. The average Bonchev–Trinajstić information content (AvgIpc) is 3.18. The van der Waals surface area contributed by atoms with Gasteiger partial charge < -0.3 is 14.6 Å². The van der Waals surface area contributed by atoms with Crippen LogP contribution in [-0.4, -0.2) is 33.5 Å². The van der Waals surface area contributed by atoms with Crippen LogP contribution in [0, 0.1) is 0 Å². The van der Waals surface area contributed by atoms with Crippen molar-refractivity contribution in [2.24, 2.45) is 0 Å². The van der Waals surface area contributed by atoms with Gasteiger partial charge in [0.2, 0.25) is 5.91 Å². The van der Waals surface area contributed by atoms with E-state index in [0.29, 0.717) is 6.54 Å². The summed E-state index contributed by atoms with van der Waals surface area (Å²) in [7, 11) is 1.63. The maximum atomic E-state index is 12.4. The Morgan fingerprint density at radius 3 is 2.45 bits per heavy atom. The van der Waals surface area contributed by atoms with Gasteiger partial charge in [-0.15, -0.1) is 10.2 Å². The molecule has 0 saturated heterocycles. The average molecular weight is 439 g/mol. The summed E-state index contributed by atoms with van der Waals surface area (Å²) in [6.07, 6.45) is 0. The topological polar surface area (TPSA) is 69.0 Å². The Labute approximate surface area is 188 Å². The Morgan fingerprint density at radius 2 is 1.81 bits per heavy atom. The van der Waals surface area contributed by atoms with Gasteiger partial charge in [0.25, 0.3) is 0 Å². The van der Waals surface area contributed by atoms with Gasteiger partial charge in [-0.05, 0) is 24.0 Å². The summed E-state index contributed by atoms with van der Waals surface area (Å²) in [5.41, 5.74) is 3.35. The van der Waals surface area contributed by atoms with Gasteiger partial charge in [0.1, 0.15) is 5.75 Å². The number of hydrogen-bond acceptors (Lipinski definition) is 5. The summed E-state index contributed by atoms with van der Waals surface area (Å²) in [5, 5.41) is 12.4. The minimum absolute atomic E-state index is 0.0577. The highest BCUT2D eigenvalue weighted by atomic mass is 32.2. The van der Waals surface area contributed by atoms with Crippen LogP contribution in [0.25, 0.3) is 11.4 Å². The van der Waals surface area contributed by atoms with E-state index in [1.165, 1.54) is 17.3 Å². The molecule has 0 aliphatic heterocycles. The normalized spacial score (nSPS) is 11.4. The molecule has 164 valence electrons.